The number of rotatable bonds is 7. The Morgan fingerprint density at radius 2 is 1.88 bits per heavy atom. The molecule has 2 amide bonds. The zero-order chi connectivity index (χ0) is 23.2. The summed E-state index contributed by atoms with van der Waals surface area (Å²) in [4.78, 5) is 28.1. The lowest BCUT2D eigenvalue weighted by Crippen LogP contribution is -2.33. The van der Waals surface area contributed by atoms with Gasteiger partial charge in [0, 0.05) is 25.2 Å². The SMILES string of the molecule is CC1CCCN(Cc2ccc(CNC(=O)c3ccc(Cl)c(NC(=O)c4cccs4)c3)cc2)C1. The Balaban J connectivity index is 1.32. The van der Waals surface area contributed by atoms with Gasteiger partial charge in [-0.05, 0) is 66.1 Å². The lowest BCUT2D eigenvalue weighted by Gasteiger charge is -2.30. The number of nitrogens with zero attached hydrogens (tertiary/aromatic N) is 1. The Hall–Kier alpha value is -2.67. The third-order valence-corrected chi connectivity index (χ3v) is 7.04. The second-order valence-electron chi connectivity index (χ2n) is 8.61. The molecule has 2 N–H and O–H groups in total. The van der Waals surface area contributed by atoms with Crippen LogP contribution in [-0.2, 0) is 13.1 Å². The van der Waals surface area contributed by atoms with Crippen LogP contribution in [0, 0.1) is 5.92 Å². The summed E-state index contributed by atoms with van der Waals surface area (Å²) in [5.41, 5.74) is 3.19. The molecule has 1 saturated heterocycles. The molecule has 0 spiro atoms. The normalized spacial score (nSPS) is 16.4. The van der Waals surface area contributed by atoms with Crippen LogP contribution in [0.4, 0.5) is 5.69 Å². The van der Waals surface area contributed by atoms with Crippen molar-refractivity contribution in [3.05, 3.63) is 86.6 Å². The first-order valence-corrected chi connectivity index (χ1v) is 12.5. The largest absolute Gasteiger partial charge is 0.348 e. The van der Waals surface area contributed by atoms with Crippen molar-refractivity contribution in [3.63, 3.8) is 0 Å². The monoisotopic (exact) mass is 481 g/mol. The van der Waals surface area contributed by atoms with E-state index in [1.165, 1.54) is 36.3 Å². The van der Waals surface area contributed by atoms with Crippen molar-refractivity contribution in [2.45, 2.75) is 32.9 Å². The number of piperidine rings is 1. The molecule has 5 nitrogen and oxygen atoms in total. The molecule has 33 heavy (non-hydrogen) atoms. The van der Waals surface area contributed by atoms with E-state index in [-0.39, 0.29) is 11.8 Å². The molecule has 7 heteroatoms. The summed E-state index contributed by atoms with van der Waals surface area (Å²) in [5.74, 6) is 0.305. The molecule has 1 atom stereocenters. The van der Waals surface area contributed by atoms with E-state index in [0.717, 1.165) is 24.6 Å². The second kappa shape index (κ2) is 11.0. The standard InChI is InChI=1S/C26H28ClN3O2S/c1-18-4-2-12-30(16-18)17-20-8-6-19(7-9-20)15-28-25(31)21-10-11-22(27)23(14-21)29-26(32)24-5-3-13-33-24/h3,5-11,13-14,18H,2,4,12,15-17H2,1H3,(H,28,31)(H,29,32). The Labute approximate surface area is 203 Å². The molecule has 0 radical (unpaired) electrons. The average molecular weight is 482 g/mol. The third-order valence-electron chi connectivity index (χ3n) is 5.85. The summed E-state index contributed by atoms with van der Waals surface area (Å²) < 4.78 is 0. The van der Waals surface area contributed by atoms with E-state index in [2.05, 4.69) is 46.7 Å². The molecule has 2 heterocycles. The van der Waals surface area contributed by atoms with Gasteiger partial charge in [-0.15, -0.1) is 11.3 Å². The Morgan fingerprint density at radius 3 is 2.61 bits per heavy atom. The van der Waals surface area contributed by atoms with Crippen LogP contribution in [-0.4, -0.2) is 29.8 Å². The average Bonchev–Trinajstić information content (AvgIpc) is 3.35. The molecule has 0 saturated carbocycles. The van der Waals surface area contributed by atoms with Gasteiger partial charge in [-0.1, -0.05) is 48.9 Å². The topological polar surface area (TPSA) is 61.4 Å². The van der Waals surface area contributed by atoms with Gasteiger partial charge in [-0.3, -0.25) is 14.5 Å². The molecular weight excluding hydrogens is 454 g/mol. The molecule has 4 rings (SSSR count). The highest BCUT2D eigenvalue weighted by atomic mass is 35.5. The summed E-state index contributed by atoms with van der Waals surface area (Å²) in [7, 11) is 0. The molecule has 1 aliphatic heterocycles. The van der Waals surface area contributed by atoms with E-state index in [9.17, 15) is 9.59 Å². The number of nitrogens with one attached hydrogen (secondary N) is 2. The molecule has 1 aromatic heterocycles. The number of anilines is 1. The molecule has 0 aliphatic carbocycles. The van der Waals surface area contributed by atoms with Gasteiger partial charge < -0.3 is 10.6 Å². The van der Waals surface area contributed by atoms with Gasteiger partial charge in [0.1, 0.15) is 0 Å². The van der Waals surface area contributed by atoms with E-state index < -0.39 is 0 Å². The van der Waals surface area contributed by atoms with E-state index in [1.807, 2.05) is 11.4 Å². The Bertz CT molecular complexity index is 1100. The second-order valence-corrected chi connectivity index (χ2v) is 9.96. The van der Waals surface area contributed by atoms with Crippen LogP contribution in [0.15, 0.2) is 60.0 Å². The Kier molecular flexibility index (Phi) is 7.81. The molecule has 2 aromatic carbocycles. The number of hydrogen-bond acceptors (Lipinski definition) is 4. The van der Waals surface area contributed by atoms with Gasteiger partial charge >= 0.3 is 0 Å². The van der Waals surface area contributed by atoms with Gasteiger partial charge in [0.15, 0.2) is 0 Å². The van der Waals surface area contributed by atoms with Crippen molar-refractivity contribution in [2.75, 3.05) is 18.4 Å². The highest BCUT2D eigenvalue weighted by Crippen LogP contribution is 2.24. The van der Waals surface area contributed by atoms with Gasteiger partial charge in [0.25, 0.3) is 11.8 Å². The number of amides is 2. The number of hydrogen-bond donors (Lipinski definition) is 2. The molecule has 172 valence electrons. The summed E-state index contributed by atoms with van der Waals surface area (Å²) in [5, 5.41) is 7.94. The summed E-state index contributed by atoms with van der Waals surface area (Å²) in [6.07, 6.45) is 2.60. The maximum atomic E-state index is 12.7. The number of likely N-dealkylation sites (tertiary alicyclic amines) is 1. The van der Waals surface area contributed by atoms with Crippen molar-refractivity contribution in [2.24, 2.45) is 5.92 Å². The molecule has 1 fully saturated rings. The number of halogens is 1. The highest BCUT2D eigenvalue weighted by molar-refractivity contribution is 7.12. The van der Waals surface area contributed by atoms with E-state index in [0.29, 0.717) is 27.7 Å². The lowest BCUT2D eigenvalue weighted by molar-refractivity contribution is 0.0949. The van der Waals surface area contributed by atoms with Crippen LogP contribution in [0.25, 0.3) is 0 Å². The number of carbonyl (C=O) groups excluding carboxylic acids is 2. The first-order valence-electron chi connectivity index (χ1n) is 11.2. The van der Waals surface area contributed by atoms with Gasteiger partial charge in [-0.25, -0.2) is 0 Å². The van der Waals surface area contributed by atoms with E-state index in [4.69, 9.17) is 11.6 Å². The maximum Gasteiger partial charge on any atom is 0.265 e. The molecule has 0 bridgehead atoms. The minimum absolute atomic E-state index is 0.218. The zero-order valence-corrected chi connectivity index (χ0v) is 20.2. The van der Waals surface area contributed by atoms with Crippen molar-refractivity contribution in [1.82, 2.24) is 10.2 Å². The van der Waals surface area contributed by atoms with Crippen molar-refractivity contribution in [1.29, 1.82) is 0 Å². The Morgan fingerprint density at radius 1 is 1.09 bits per heavy atom. The number of carbonyl (C=O) groups is 2. The fraction of sp³-hybridized carbons (Fsp3) is 0.308. The van der Waals surface area contributed by atoms with Crippen molar-refractivity contribution < 1.29 is 9.59 Å². The predicted molar refractivity (Wildman–Crippen MR) is 135 cm³/mol. The van der Waals surface area contributed by atoms with Crippen LogP contribution in [0.2, 0.25) is 5.02 Å². The van der Waals surface area contributed by atoms with E-state index in [1.54, 1.807) is 24.3 Å². The third kappa shape index (κ3) is 6.44. The van der Waals surface area contributed by atoms with Crippen molar-refractivity contribution >= 4 is 40.4 Å². The molecule has 1 aliphatic rings. The smallest absolute Gasteiger partial charge is 0.265 e. The van der Waals surface area contributed by atoms with E-state index >= 15 is 0 Å². The van der Waals surface area contributed by atoms with Gasteiger partial charge in [0.2, 0.25) is 0 Å². The van der Waals surface area contributed by atoms with Crippen LogP contribution in [0.1, 0.15) is 50.9 Å². The van der Waals surface area contributed by atoms with Crippen LogP contribution >= 0.6 is 22.9 Å². The minimum atomic E-state index is -0.247. The molecule has 3 aromatic rings. The number of benzene rings is 2. The summed E-state index contributed by atoms with van der Waals surface area (Å²) in [6, 6.07) is 16.8. The fourth-order valence-corrected chi connectivity index (χ4v) is 4.87. The van der Waals surface area contributed by atoms with Crippen LogP contribution in [0.5, 0.6) is 0 Å². The lowest BCUT2D eigenvalue weighted by atomic mass is 9.99. The zero-order valence-electron chi connectivity index (χ0n) is 18.6. The summed E-state index contributed by atoms with van der Waals surface area (Å²) in [6.45, 7) is 6.05. The highest BCUT2D eigenvalue weighted by Gasteiger charge is 2.16. The van der Waals surface area contributed by atoms with Gasteiger partial charge in [0.05, 0.1) is 15.6 Å². The first kappa shape index (κ1) is 23.5. The fourth-order valence-electron chi connectivity index (χ4n) is 4.09. The quantitative estimate of drug-likeness (QED) is 0.447. The van der Waals surface area contributed by atoms with Crippen molar-refractivity contribution in [3.8, 4) is 0 Å². The van der Waals surface area contributed by atoms with Crippen LogP contribution in [0.3, 0.4) is 0 Å². The predicted octanol–water partition coefficient (Wildman–Crippen LogP) is 5.82. The first-order chi connectivity index (χ1) is 16.0. The number of thiophene rings is 1. The van der Waals surface area contributed by atoms with Gasteiger partial charge in [-0.2, -0.15) is 0 Å². The maximum absolute atomic E-state index is 12.7. The molecule has 1 unspecified atom stereocenters. The summed E-state index contributed by atoms with van der Waals surface area (Å²) >= 11 is 7.57. The minimum Gasteiger partial charge on any atom is -0.348 e. The van der Waals surface area contributed by atoms with Crippen LogP contribution < -0.4 is 10.6 Å². The molecular formula is C26H28ClN3O2S.